The van der Waals surface area contributed by atoms with Gasteiger partial charge < -0.3 is 5.73 Å². The van der Waals surface area contributed by atoms with Gasteiger partial charge in [0.1, 0.15) is 28.5 Å². The number of nitrogens with two attached hydrogens (primary N) is 1. The van der Waals surface area contributed by atoms with Crippen LogP contribution in [0.2, 0.25) is 0 Å². The highest BCUT2D eigenvalue weighted by Crippen LogP contribution is 2.40. The van der Waals surface area contributed by atoms with Crippen molar-refractivity contribution in [1.82, 2.24) is 4.98 Å². The van der Waals surface area contributed by atoms with Gasteiger partial charge in [-0.2, -0.15) is 10.5 Å². The number of hydrogen-bond donors (Lipinski definition) is 1. The molecule has 0 saturated heterocycles. The molecule has 0 radical (unpaired) electrons. The van der Waals surface area contributed by atoms with Crippen molar-refractivity contribution in [3.8, 4) is 22.6 Å². The van der Waals surface area contributed by atoms with Crippen molar-refractivity contribution in [3.63, 3.8) is 0 Å². The molecule has 2 aromatic heterocycles. The molecule has 3 rings (SSSR count). The molecular formula is C18H12N4S2. The van der Waals surface area contributed by atoms with Gasteiger partial charge in [-0.1, -0.05) is 30.0 Å². The monoisotopic (exact) mass is 348 g/mol. The Morgan fingerprint density at radius 1 is 1.04 bits per heavy atom. The van der Waals surface area contributed by atoms with E-state index >= 15 is 0 Å². The van der Waals surface area contributed by atoms with Crippen molar-refractivity contribution >= 4 is 28.9 Å². The summed E-state index contributed by atoms with van der Waals surface area (Å²) in [6.45, 7) is 1.98. The van der Waals surface area contributed by atoms with Gasteiger partial charge in [-0.3, -0.25) is 0 Å². The van der Waals surface area contributed by atoms with Crippen LogP contribution in [0.4, 0.5) is 5.82 Å². The van der Waals surface area contributed by atoms with Gasteiger partial charge in [-0.25, -0.2) is 4.98 Å². The third-order valence-corrected chi connectivity index (χ3v) is 5.37. The van der Waals surface area contributed by atoms with Gasteiger partial charge in [0.25, 0.3) is 0 Å². The second-order valence-corrected chi connectivity index (χ2v) is 7.33. The molecule has 0 unspecified atom stereocenters. The molecule has 3 aromatic rings. The standard InChI is InChI=1S/C18H12N4S2/c1-11-7-8-15(23-11)16-13(9-19)17(21)22-18(14(16)10-20)24-12-5-3-2-4-6-12/h2-8H,1H3,(H2,21,22). The van der Waals surface area contributed by atoms with Crippen molar-refractivity contribution in [1.29, 1.82) is 10.5 Å². The predicted molar refractivity (Wildman–Crippen MR) is 96.7 cm³/mol. The zero-order chi connectivity index (χ0) is 17.1. The molecule has 6 heteroatoms. The van der Waals surface area contributed by atoms with E-state index in [1.54, 1.807) is 0 Å². The molecule has 2 N–H and O–H groups in total. The lowest BCUT2D eigenvalue weighted by atomic mass is 10.0. The average Bonchev–Trinajstić information content (AvgIpc) is 3.01. The number of hydrogen-bond acceptors (Lipinski definition) is 6. The SMILES string of the molecule is Cc1ccc(-c2c(C#N)c(N)nc(Sc3ccccc3)c2C#N)s1. The zero-order valence-electron chi connectivity index (χ0n) is 12.8. The first-order valence-corrected chi connectivity index (χ1v) is 8.70. The minimum Gasteiger partial charge on any atom is -0.383 e. The number of aryl methyl sites for hydroxylation is 1. The van der Waals surface area contributed by atoms with Crippen LogP contribution < -0.4 is 5.73 Å². The van der Waals surface area contributed by atoms with E-state index in [0.717, 1.165) is 14.6 Å². The van der Waals surface area contributed by atoms with Gasteiger partial charge in [0.05, 0.1) is 5.56 Å². The number of benzene rings is 1. The molecule has 0 fully saturated rings. The number of aromatic nitrogens is 1. The molecule has 1 aromatic carbocycles. The van der Waals surface area contributed by atoms with Crippen LogP contribution in [0.25, 0.3) is 10.4 Å². The van der Waals surface area contributed by atoms with Crippen LogP contribution in [0.3, 0.4) is 0 Å². The second kappa shape index (κ2) is 6.76. The lowest BCUT2D eigenvalue weighted by molar-refractivity contribution is 1.11. The average molecular weight is 348 g/mol. The van der Waals surface area contributed by atoms with Gasteiger partial charge in [0.15, 0.2) is 0 Å². The number of pyridine rings is 1. The van der Waals surface area contributed by atoms with Crippen LogP contribution in [-0.2, 0) is 0 Å². The molecule has 0 aliphatic heterocycles. The summed E-state index contributed by atoms with van der Waals surface area (Å²) in [4.78, 5) is 7.21. The Morgan fingerprint density at radius 3 is 2.33 bits per heavy atom. The van der Waals surface area contributed by atoms with E-state index in [-0.39, 0.29) is 11.4 Å². The summed E-state index contributed by atoms with van der Waals surface area (Å²) in [5.74, 6) is 0.149. The maximum Gasteiger partial charge on any atom is 0.143 e. The van der Waals surface area contributed by atoms with Crippen molar-refractivity contribution < 1.29 is 0 Å². The maximum atomic E-state index is 9.71. The molecule has 0 aliphatic carbocycles. The van der Waals surface area contributed by atoms with E-state index in [9.17, 15) is 10.5 Å². The molecule has 0 amide bonds. The van der Waals surface area contributed by atoms with Crippen LogP contribution >= 0.6 is 23.1 Å². The van der Waals surface area contributed by atoms with Crippen molar-refractivity contribution in [2.75, 3.05) is 5.73 Å². The van der Waals surface area contributed by atoms with Crippen molar-refractivity contribution in [2.45, 2.75) is 16.8 Å². The smallest absolute Gasteiger partial charge is 0.143 e. The molecule has 0 saturated carbocycles. The van der Waals surface area contributed by atoms with Gasteiger partial charge in [-0.15, -0.1) is 11.3 Å². The fourth-order valence-electron chi connectivity index (χ4n) is 2.29. The highest BCUT2D eigenvalue weighted by Gasteiger charge is 2.21. The second-order valence-electron chi connectivity index (χ2n) is 4.98. The molecule has 2 heterocycles. The third kappa shape index (κ3) is 2.98. The summed E-state index contributed by atoms with van der Waals surface area (Å²) < 4.78 is 0. The fraction of sp³-hybridized carbons (Fsp3) is 0.0556. The predicted octanol–water partition coefficient (Wildman–Crippen LogP) is 4.60. The molecule has 0 spiro atoms. The first kappa shape index (κ1) is 16.1. The van der Waals surface area contributed by atoms with E-state index in [1.807, 2.05) is 49.4 Å². The summed E-state index contributed by atoms with van der Waals surface area (Å²) in [5, 5.41) is 19.7. The van der Waals surface area contributed by atoms with Crippen molar-refractivity contribution in [3.05, 3.63) is 58.5 Å². The summed E-state index contributed by atoms with van der Waals surface area (Å²) in [6, 6.07) is 17.8. The molecule has 116 valence electrons. The van der Waals surface area contributed by atoms with E-state index in [1.165, 1.54) is 23.1 Å². The Balaban J connectivity index is 2.24. The maximum absolute atomic E-state index is 9.71. The summed E-state index contributed by atoms with van der Waals surface area (Å²) in [6.07, 6.45) is 0. The molecule has 0 atom stereocenters. The Labute approximate surface area is 148 Å². The minimum atomic E-state index is 0.149. The Morgan fingerprint density at radius 2 is 1.75 bits per heavy atom. The molecular weight excluding hydrogens is 336 g/mol. The van der Waals surface area contributed by atoms with E-state index in [4.69, 9.17) is 5.73 Å². The number of nitriles is 2. The zero-order valence-corrected chi connectivity index (χ0v) is 14.4. The van der Waals surface area contributed by atoms with Gasteiger partial charge in [-0.05, 0) is 31.2 Å². The van der Waals surface area contributed by atoms with Crippen LogP contribution in [0.1, 0.15) is 16.0 Å². The van der Waals surface area contributed by atoms with Crippen LogP contribution in [0.5, 0.6) is 0 Å². The summed E-state index contributed by atoms with van der Waals surface area (Å²) in [7, 11) is 0. The van der Waals surface area contributed by atoms with Crippen LogP contribution in [0, 0.1) is 29.6 Å². The Hall–Kier alpha value is -2.80. The van der Waals surface area contributed by atoms with E-state index < -0.39 is 0 Å². The molecule has 24 heavy (non-hydrogen) atoms. The Bertz CT molecular complexity index is 979. The highest BCUT2D eigenvalue weighted by molar-refractivity contribution is 7.99. The largest absolute Gasteiger partial charge is 0.383 e. The Kier molecular flexibility index (Phi) is 4.52. The van der Waals surface area contributed by atoms with Gasteiger partial charge in [0, 0.05) is 20.2 Å². The normalized spacial score (nSPS) is 10.1. The number of nitrogens with zero attached hydrogens (tertiary/aromatic N) is 3. The topological polar surface area (TPSA) is 86.5 Å². The van der Waals surface area contributed by atoms with Crippen LogP contribution in [0.15, 0.2) is 52.4 Å². The number of rotatable bonds is 3. The summed E-state index contributed by atoms with van der Waals surface area (Å²) >= 11 is 2.90. The lowest BCUT2D eigenvalue weighted by Crippen LogP contribution is -2.02. The van der Waals surface area contributed by atoms with Crippen LogP contribution in [-0.4, -0.2) is 4.98 Å². The highest BCUT2D eigenvalue weighted by atomic mass is 32.2. The fourth-order valence-corrected chi connectivity index (χ4v) is 4.12. The third-order valence-electron chi connectivity index (χ3n) is 3.36. The van der Waals surface area contributed by atoms with E-state index in [2.05, 4.69) is 17.1 Å². The van der Waals surface area contributed by atoms with Gasteiger partial charge in [0.2, 0.25) is 0 Å². The first-order valence-electron chi connectivity index (χ1n) is 7.07. The van der Waals surface area contributed by atoms with Crippen molar-refractivity contribution in [2.24, 2.45) is 0 Å². The molecule has 4 nitrogen and oxygen atoms in total. The quantitative estimate of drug-likeness (QED) is 0.748. The number of anilines is 1. The number of thiophene rings is 1. The van der Waals surface area contributed by atoms with E-state index in [0.29, 0.717) is 16.2 Å². The van der Waals surface area contributed by atoms with Gasteiger partial charge >= 0.3 is 0 Å². The summed E-state index contributed by atoms with van der Waals surface area (Å²) in [5.41, 5.74) is 7.22. The molecule has 0 bridgehead atoms. The molecule has 0 aliphatic rings. The lowest BCUT2D eigenvalue weighted by Gasteiger charge is -2.11. The number of nitrogen functional groups attached to an aromatic ring is 1. The minimum absolute atomic E-state index is 0.149. The first-order chi connectivity index (χ1) is 11.6.